The molecular formula is C21H32O6. The minimum absolute atomic E-state index is 0.0272. The minimum atomic E-state index is -0.0272. The van der Waals surface area contributed by atoms with Crippen LogP contribution in [-0.2, 0) is 28.4 Å². The van der Waals surface area contributed by atoms with E-state index in [-0.39, 0.29) is 6.10 Å². The summed E-state index contributed by atoms with van der Waals surface area (Å²) in [7, 11) is 0. The maximum Gasteiger partial charge on any atom is 0.156 e. The highest BCUT2D eigenvalue weighted by Gasteiger charge is 2.17. The summed E-state index contributed by atoms with van der Waals surface area (Å²) >= 11 is 0. The standard InChI is InChI=1S/C21H32O6/c1-3-19-18(2)24-12-6-10-22-11-7-13-25-20-8-4-5-9-21(20)27-17-15-23-14-16-26-19/h3-5,9,20H,1,6-8,10-17H2,2H3/b19-18-. The molecule has 1 aliphatic heterocycles. The zero-order valence-electron chi connectivity index (χ0n) is 16.3. The lowest BCUT2D eigenvalue weighted by Gasteiger charge is -2.22. The minimum Gasteiger partial charge on any atom is -0.494 e. The van der Waals surface area contributed by atoms with Crippen LogP contribution in [0.3, 0.4) is 0 Å². The molecule has 2 aliphatic rings. The van der Waals surface area contributed by atoms with Gasteiger partial charge < -0.3 is 28.4 Å². The van der Waals surface area contributed by atoms with Crippen molar-refractivity contribution in [2.24, 2.45) is 0 Å². The molecule has 1 heterocycles. The van der Waals surface area contributed by atoms with Crippen molar-refractivity contribution in [2.45, 2.75) is 32.3 Å². The van der Waals surface area contributed by atoms with Gasteiger partial charge in [0.05, 0.1) is 19.8 Å². The number of rotatable bonds is 1. The van der Waals surface area contributed by atoms with Crippen molar-refractivity contribution in [1.29, 1.82) is 0 Å². The summed E-state index contributed by atoms with van der Waals surface area (Å²) in [4.78, 5) is 0. The first-order chi connectivity index (χ1) is 13.3. The van der Waals surface area contributed by atoms with Crippen LogP contribution in [-0.4, -0.2) is 59.0 Å². The van der Waals surface area contributed by atoms with Crippen molar-refractivity contribution in [3.8, 4) is 0 Å². The lowest BCUT2D eigenvalue weighted by atomic mass is 10.1. The Hall–Kier alpha value is -1.76. The van der Waals surface area contributed by atoms with Crippen LogP contribution in [0, 0.1) is 0 Å². The van der Waals surface area contributed by atoms with E-state index < -0.39 is 0 Å². The van der Waals surface area contributed by atoms with E-state index in [0.29, 0.717) is 58.6 Å². The molecule has 0 fully saturated rings. The molecule has 0 radical (unpaired) electrons. The second kappa shape index (κ2) is 13.4. The van der Waals surface area contributed by atoms with Gasteiger partial charge in [0.1, 0.15) is 30.8 Å². The van der Waals surface area contributed by atoms with Crippen LogP contribution >= 0.6 is 0 Å². The van der Waals surface area contributed by atoms with Crippen LogP contribution < -0.4 is 0 Å². The van der Waals surface area contributed by atoms with E-state index in [1.54, 1.807) is 6.08 Å². The van der Waals surface area contributed by atoms with Crippen molar-refractivity contribution < 1.29 is 28.4 Å². The van der Waals surface area contributed by atoms with Crippen LogP contribution in [0.25, 0.3) is 0 Å². The maximum atomic E-state index is 5.94. The van der Waals surface area contributed by atoms with Crippen LogP contribution in [0.1, 0.15) is 26.2 Å². The number of ether oxygens (including phenoxy) is 6. The Morgan fingerprint density at radius 2 is 1.63 bits per heavy atom. The van der Waals surface area contributed by atoms with Gasteiger partial charge in [-0.3, -0.25) is 0 Å². The fourth-order valence-electron chi connectivity index (χ4n) is 2.66. The summed E-state index contributed by atoms with van der Waals surface area (Å²) in [5, 5.41) is 0. The smallest absolute Gasteiger partial charge is 0.156 e. The molecule has 2 rings (SSSR count). The summed E-state index contributed by atoms with van der Waals surface area (Å²) in [6.45, 7) is 10.1. The lowest BCUT2D eigenvalue weighted by Crippen LogP contribution is -2.21. The van der Waals surface area contributed by atoms with Gasteiger partial charge >= 0.3 is 0 Å². The van der Waals surface area contributed by atoms with E-state index >= 15 is 0 Å². The molecule has 1 atom stereocenters. The molecular weight excluding hydrogens is 348 g/mol. The van der Waals surface area contributed by atoms with E-state index in [2.05, 4.69) is 12.7 Å². The van der Waals surface area contributed by atoms with Gasteiger partial charge in [-0.25, -0.2) is 0 Å². The van der Waals surface area contributed by atoms with Gasteiger partial charge in [-0.15, -0.1) is 0 Å². The first-order valence-electron chi connectivity index (χ1n) is 9.66. The Morgan fingerprint density at radius 1 is 0.889 bits per heavy atom. The van der Waals surface area contributed by atoms with E-state index in [1.807, 2.05) is 19.1 Å². The molecule has 1 unspecified atom stereocenters. The molecule has 1 aliphatic carbocycles. The third-order valence-corrected chi connectivity index (χ3v) is 4.08. The van der Waals surface area contributed by atoms with Crippen LogP contribution in [0.4, 0.5) is 0 Å². The third kappa shape index (κ3) is 8.65. The van der Waals surface area contributed by atoms with Crippen LogP contribution in [0.5, 0.6) is 0 Å². The number of allylic oxidation sites excluding steroid dienone is 4. The highest BCUT2D eigenvalue weighted by Crippen LogP contribution is 2.18. The predicted octanol–water partition coefficient (Wildman–Crippen LogP) is 3.51. The summed E-state index contributed by atoms with van der Waals surface area (Å²) in [5.74, 6) is 2.22. The summed E-state index contributed by atoms with van der Waals surface area (Å²) < 4.78 is 34.3. The molecule has 0 amide bonds. The predicted molar refractivity (Wildman–Crippen MR) is 103 cm³/mol. The van der Waals surface area contributed by atoms with Crippen molar-refractivity contribution in [3.05, 3.63) is 48.2 Å². The highest BCUT2D eigenvalue weighted by atomic mass is 16.6. The second-order valence-corrected chi connectivity index (χ2v) is 6.19. The SMILES string of the molecule is C=C/C1=C(\C)OCCCOCCCOC2CC=CC=C2OCCOCCO1. The Kier molecular flexibility index (Phi) is 10.7. The van der Waals surface area contributed by atoms with Crippen molar-refractivity contribution in [2.75, 3.05) is 52.9 Å². The van der Waals surface area contributed by atoms with Gasteiger partial charge in [-0.05, 0) is 31.9 Å². The summed E-state index contributed by atoms with van der Waals surface area (Å²) in [6.07, 6.45) is 10.2. The van der Waals surface area contributed by atoms with Gasteiger partial charge in [0.2, 0.25) is 0 Å². The Morgan fingerprint density at radius 3 is 2.44 bits per heavy atom. The number of hydrogen-bond acceptors (Lipinski definition) is 6. The normalized spacial score (nSPS) is 27.1. The summed E-state index contributed by atoms with van der Waals surface area (Å²) in [5.41, 5.74) is 0. The molecule has 0 saturated carbocycles. The van der Waals surface area contributed by atoms with Gasteiger partial charge in [-0.1, -0.05) is 18.7 Å². The molecule has 27 heavy (non-hydrogen) atoms. The average molecular weight is 380 g/mol. The van der Waals surface area contributed by atoms with E-state index in [9.17, 15) is 0 Å². The molecule has 6 nitrogen and oxygen atoms in total. The fourth-order valence-corrected chi connectivity index (χ4v) is 2.66. The maximum absolute atomic E-state index is 5.94. The lowest BCUT2D eigenvalue weighted by molar-refractivity contribution is -0.00204. The second-order valence-electron chi connectivity index (χ2n) is 6.19. The van der Waals surface area contributed by atoms with Gasteiger partial charge in [-0.2, -0.15) is 0 Å². The van der Waals surface area contributed by atoms with Gasteiger partial charge in [0.15, 0.2) is 5.76 Å². The molecule has 0 N–H and O–H groups in total. The van der Waals surface area contributed by atoms with Crippen molar-refractivity contribution in [3.63, 3.8) is 0 Å². The summed E-state index contributed by atoms with van der Waals surface area (Å²) in [6, 6.07) is 0. The zero-order chi connectivity index (χ0) is 19.2. The molecule has 0 saturated heterocycles. The largest absolute Gasteiger partial charge is 0.494 e. The van der Waals surface area contributed by atoms with E-state index in [0.717, 1.165) is 30.8 Å². The molecule has 0 aromatic heterocycles. The number of hydrogen-bond donors (Lipinski definition) is 0. The molecule has 6 heteroatoms. The van der Waals surface area contributed by atoms with E-state index in [1.165, 1.54) is 0 Å². The van der Waals surface area contributed by atoms with Crippen molar-refractivity contribution >= 4 is 0 Å². The van der Waals surface area contributed by atoms with Gasteiger partial charge in [0, 0.05) is 26.2 Å². The van der Waals surface area contributed by atoms with E-state index in [4.69, 9.17) is 28.4 Å². The molecule has 0 aromatic rings. The van der Waals surface area contributed by atoms with Gasteiger partial charge in [0.25, 0.3) is 0 Å². The molecule has 0 bridgehead atoms. The average Bonchev–Trinajstić information content (AvgIpc) is 2.69. The van der Waals surface area contributed by atoms with Crippen molar-refractivity contribution in [1.82, 2.24) is 0 Å². The Balaban J connectivity index is 1.83. The first-order valence-corrected chi connectivity index (χ1v) is 9.66. The van der Waals surface area contributed by atoms with Crippen LogP contribution in [0.2, 0.25) is 0 Å². The molecule has 0 spiro atoms. The van der Waals surface area contributed by atoms with Crippen LogP contribution in [0.15, 0.2) is 48.2 Å². The quantitative estimate of drug-likeness (QED) is 0.694. The Labute approximate surface area is 162 Å². The number of fused-ring (bicyclic) bond motifs is 1. The molecule has 0 aromatic carbocycles. The fraction of sp³-hybridized carbons (Fsp3) is 0.619. The highest BCUT2D eigenvalue weighted by molar-refractivity contribution is 5.17. The monoisotopic (exact) mass is 380 g/mol. The molecule has 152 valence electrons. The Bertz CT molecular complexity index is 523. The zero-order valence-corrected chi connectivity index (χ0v) is 16.3. The first kappa shape index (κ1) is 21.5. The third-order valence-electron chi connectivity index (χ3n) is 4.08. The topological polar surface area (TPSA) is 55.4 Å².